The molecule has 0 fully saturated rings. The summed E-state index contributed by atoms with van der Waals surface area (Å²) >= 11 is 0. The Hall–Kier alpha value is -4.19. The first-order chi connectivity index (χ1) is 23.3. The maximum atomic E-state index is 13.6. The van der Waals surface area contributed by atoms with Crippen molar-refractivity contribution in [2.75, 3.05) is 13.7 Å². The number of carbonyl (C=O) groups excluding carboxylic acids is 5. The van der Waals surface area contributed by atoms with Gasteiger partial charge in [0.05, 0.1) is 20.0 Å². The number of benzene rings is 3. The number of ketones is 1. The number of aliphatic carboxylic acids is 2. The molecule has 0 saturated carbocycles. The van der Waals surface area contributed by atoms with Crippen LogP contribution in [0.3, 0.4) is 0 Å². The second kappa shape index (κ2) is 17.8. The molecule has 2 aliphatic rings. The molecule has 16 nitrogen and oxygen atoms in total. The molecule has 0 aromatic heterocycles. The van der Waals surface area contributed by atoms with Crippen molar-refractivity contribution >= 4 is 29.7 Å². The Bertz CT molecular complexity index is 1810. The Kier molecular flexibility index (Phi) is 14.4. The van der Waals surface area contributed by atoms with Crippen molar-refractivity contribution in [2.45, 2.75) is 50.1 Å². The van der Waals surface area contributed by atoms with E-state index in [-0.39, 0.29) is 106 Å². The molecule has 2 heterocycles. The van der Waals surface area contributed by atoms with Gasteiger partial charge in [0.1, 0.15) is 29.4 Å². The van der Waals surface area contributed by atoms with Crippen LogP contribution in [0.15, 0.2) is 48.5 Å². The molecule has 51 heavy (non-hydrogen) atoms. The largest absolute Gasteiger partial charge is 1.00 e. The number of hydrogen-bond acceptors (Lipinski definition) is 16. The van der Waals surface area contributed by atoms with Crippen LogP contribution >= 0.6 is 0 Å². The first-order valence-corrected chi connectivity index (χ1v) is 14.7. The van der Waals surface area contributed by atoms with Crippen LogP contribution in [0.4, 0.5) is 0 Å². The Morgan fingerprint density at radius 1 is 0.725 bits per heavy atom. The second-order valence-corrected chi connectivity index (χ2v) is 10.9. The van der Waals surface area contributed by atoms with E-state index in [4.69, 9.17) is 28.4 Å². The molecule has 0 amide bonds. The maximum absolute atomic E-state index is 13.6. The van der Waals surface area contributed by atoms with Crippen LogP contribution in [-0.4, -0.2) is 70.9 Å². The van der Waals surface area contributed by atoms with Crippen molar-refractivity contribution in [3.8, 4) is 40.2 Å². The van der Waals surface area contributed by atoms with E-state index in [0.29, 0.717) is 5.56 Å². The average Bonchev–Trinajstić information content (AvgIpc) is 3.05. The number of ether oxygens (including phenoxy) is 6. The number of esters is 2. The van der Waals surface area contributed by atoms with Gasteiger partial charge in [0, 0.05) is 35.2 Å². The van der Waals surface area contributed by atoms with Gasteiger partial charge in [0.15, 0.2) is 41.3 Å². The molecule has 3 aromatic carbocycles. The number of carbonyl (C=O) groups is 5. The molecule has 3 N–H and O–H groups in total. The van der Waals surface area contributed by atoms with Gasteiger partial charge in [-0.3, -0.25) is 14.4 Å². The second-order valence-electron chi connectivity index (χ2n) is 10.9. The fraction of sp³-hybridized carbons (Fsp3) is 0.303. The van der Waals surface area contributed by atoms with Crippen molar-refractivity contribution in [1.82, 2.24) is 0 Å². The van der Waals surface area contributed by atoms with Gasteiger partial charge in [0.2, 0.25) is 11.9 Å². The van der Waals surface area contributed by atoms with E-state index in [1.165, 1.54) is 43.5 Å². The molecule has 4 atom stereocenters. The summed E-state index contributed by atoms with van der Waals surface area (Å²) in [5.41, 5.74) is 0.226. The Labute approximate surface area is 333 Å². The summed E-state index contributed by atoms with van der Waals surface area (Å²) in [6.45, 7) is -0.380. The molecule has 0 aliphatic carbocycles. The molecule has 0 radical (unpaired) electrons. The number of fused-ring (bicyclic) bond motifs is 2. The molecule has 18 heteroatoms. The van der Waals surface area contributed by atoms with Gasteiger partial charge in [-0.15, -0.1) is 0 Å². The number of carboxylic acids is 2. The molecular weight excluding hydrogens is 698 g/mol. The number of rotatable bonds is 12. The SMILES string of the molecule is COc1cc(C2Oc3cc(C4Oc5cc(O)cc(O)c5C(=O)C4OC(=O)CCC(=O)[O-])ccc3OC2COC(=O)CCC(=O)[O-])ccc1O.[Na+].[Na+]. The molecule has 0 spiro atoms. The fourth-order valence-corrected chi connectivity index (χ4v) is 5.22. The van der Waals surface area contributed by atoms with Crippen LogP contribution in [-0.2, 0) is 28.7 Å². The third-order valence-electron chi connectivity index (χ3n) is 7.53. The van der Waals surface area contributed by atoms with E-state index in [0.717, 1.165) is 12.1 Å². The number of Topliss-reactive ketones (excluding diaryl/α,β-unsaturated/α-hetero) is 1. The summed E-state index contributed by atoms with van der Waals surface area (Å²) in [6, 6.07) is 10.6. The number of methoxy groups -OCH3 is 1. The number of phenols is 3. The van der Waals surface area contributed by atoms with Crippen molar-refractivity contribution in [3.05, 3.63) is 65.2 Å². The Morgan fingerprint density at radius 2 is 1.35 bits per heavy atom. The fourth-order valence-electron chi connectivity index (χ4n) is 5.22. The summed E-state index contributed by atoms with van der Waals surface area (Å²) in [4.78, 5) is 60.0. The average molecular weight is 727 g/mol. The van der Waals surface area contributed by atoms with E-state index in [1.54, 1.807) is 0 Å². The predicted molar refractivity (Wildman–Crippen MR) is 156 cm³/mol. The molecule has 4 unspecified atom stereocenters. The zero-order valence-electron chi connectivity index (χ0n) is 27.6. The monoisotopic (exact) mass is 726 g/mol. The third-order valence-corrected chi connectivity index (χ3v) is 7.53. The topological polar surface area (TPSA) is 248 Å². The maximum Gasteiger partial charge on any atom is 1.00 e. The Morgan fingerprint density at radius 3 is 2.02 bits per heavy atom. The predicted octanol–water partition coefficient (Wildman–Crippen LogP) is -5.47. The molecule has 2 aliphatic heterocycles. The van der Waals surface area contributed by atoms with Crippen LogP contribution in [0.2, 0.25) is 0 Å². The summed E-state index contributed by atoms with van der Waals surface area (Å²) in [5.74, 6) is -6.88. The summed E-state index contributed by atoms with van der Waals surface area (Å²) in [7, 11) is 1.33. The van der Waals surface area contributed by atoms with Gasteiger partial charge < -0.3 is 63.5 Å². The van der Waals surface area contributed by atoms with Gasteiger partial charge >= 0.3 is 71.1 Å². The van der Waals surface area contributed by atoms with E-state index in [2.05, 4.69) is 0 Å². The molecule has 3 aromatic rings. The molecule has 258 valence electrons. The first-order valence-electron chi connectivity index (χ1n) is 14.7. The van der Waals surface area contributed by atoms with Crippen LogP contribution in [0.1, 0.15) is 59.4 Å². The van der Waals surface area contributed by atoms with Crippen LogP contribution in [0.5, 0.6) is 40.2 Å². The Balaban J connectivity index is 0.00000351. The summed E-state index contributed by atoms with van der Waals surface area (Å²) in [6.07, 6.45) is -7.41. The van der Waals surface area contributed by atoms with E-state index in [1.807, 2.05) is 0 Å². The van der Waals surface area contributed by atoms with E-state index < -0.39 is 91.3 Å². The van der Waals surface area contributed by atoms with Crippen molar-refractivity contribution in [1.29, 1.82) is 0 Å². The molecule has 0 saturated heterocycles. The first kappa shape index (κ1) is 41.2. The van der Waals surface area contributed by atoms with Crippen LogP contribution < -0.4 is 88.3 Å². The third kappa shape index (κ3) is 9.78. The molecule has 0 bridgehead atoms. The number of carboxylic acid groups (broad SMARTS) is 2. The van der Waals surface area contributed by atoms with E-state index >= 15 is 0 Å². The number of aromatic hydroxyl groups is 3. The van der Waals surface area contributed by atoms with Gasteiger partial charge in [-0.2, -0.15) is 0 Å². The molecular formula is C33H28Na2O16. The zero-order valence-corrected chi connectivity index (χ0v) is 31.6. The zero-order chi connectivity index (χ0) is 35.4. The van der Waals surface area contributed by atoms with Gasteiger partial charge in [-0.25, -0.2) is 0 Å². The smallest absolute Gasteiger partial charge is 0.550 e. The van der Waals surface area contributed by atoms with Gasteiger partial charge in [0.25, 0.3) is 0 Å². The van der Waals surface area contributed by atoms with Gasteiger partial charge in [-0.05, 0) is 37.1 Å². The molecule has 5 rings (SSSR count). The number of hydrogen-bond donors (Lipinski definition) is 3. The van der Waals surface area contributed by atoms with Gasteiger partial charge in [-0.1, -0.05) is 12.1 Å². The standard InChI is InChI=1S/C33H30O16.2Na/c1-44-21-10-15(2-4-18(21)35)31-24(14-45-27(41)8-6-25(37)38)46-20-5-3-16(11-22(20)47-31)32-33(49-28(42)9-7-26(39)40)30(43)29-19(36)12-17(34)13-23(29)48-32;;/h2-5,10-13,24,31-36H,6-9,14H2,1H3,(H,37,38)(H,39,40);;/q;2*+1/p-2. The van der Waals surface area contributed by atoms with Crippen LogP contribution in [0.25, 0.3) is 0 Å². The minimum atomic E-state index is -1.72. The summed E-state index contributed by atoms with van der Waals surface area (Å²) < 4.78 is 34.2. The quantitative estimate of drug-likeness (QED) is 0.116. The van der Waals surface area contributed by atoms with Crippen LogP contribution in [0, 0.1) is 0 Å². The van der Waals surface area contributed by atoms with E-state index in [9.17, 15) is 49.5 Å². The minimum absolute atomic E-state index is 0. The van der Waals surface area contributed by atoms with Crippen molar-refractivity contribution < 1.29 is 137 Å². The van der Waals surface area contributed by atoms with Crippen molar-refractivity contribution in [3.63, 3.8) is 0 Å². The minimum Gasteiger partial charge on any atom is -0.550 e. The number of phenolic OH excluding ortho intramolecular Hbond substituents is 3. The van der Waals surface area contributed by atoms with Crippen molar-refractivity contribution in [2.24, 2.45) is 0 Å². The normalized spacial score (nSPS) is 18.4. The summed E-state index contributed by atoms with van der Waals surface area (Å²) in [5, 5.41) is 52.2.